The fourth-order valence-electron chi connectivity index (χ4n) is 3.76. The lowest BCUT2D eigenvalue weighted by atomic mass is 9.96. The molecule has 1 unspecified atom stereocenters. The number of carbonyl (C=O) groups excluding carboxylic acids is 1. The number of aliphatic carboxylic acids is 1. The van der Waals surface area contributed by atoms with Gasteiger partial charge in [-0.25, -0.2) is 4.79 Å². The summed E-state index contributed by atoms with van der Waals surface area (Å²) < 4.78 is 11.1. The third-order valence-electron chi connectivity index (χ3n) is 5.50. The van der Waals surface area contributed by atoms with Crippen LogP contribution in [0.5, 0.6) is 11.5 Å². The van der Waals surface area contributed by atoms with Crippen LogP contribution in [0.3, 0.4) is 0 Å². The zero-order chi connectivity index (χ0) is 25.7. The summed E-state index contributed by atoms with van der Waals surface area (Å²) in [5, 5.41) is 22.6. The van der Waals surface area contributed by atoms with E-state index in [0.29, 0.717) is 28.2 Å². The van der Waals surface area contributed by atoms with Crippen LogP contribution in [0.25, 0.3) is 11.1 Å². The van der Waals surface area contributed by atoms with Crippen LogP contribution in [0.15, 0.2) is 54.6 Å². The molecule has 9 heteroatoms. The van der Waals surface area contributed by atoms with E-state index in [-0.39, 0.29) is 22.0 Å². The maximum absolute atomic E-state index is 12.7. The van der Waals surface area contributed by atoms with Gasteiger partial charge in [0, 0.05) is 12.0 Å². The van der Waals surface area contributed by atoms with E-state index >= 15 is 0 Å². The van der Waals surface area contributed by atoms with Gasteiger partial charge in [0.2, 0.25) is 0 Å². The van der Waals surface area contributed by atoms with Gasteiger partial charge in [-0.1, -0.05) is 53.5 Å². The molecule has 1 amide bonds. The minimum atomic E-state index is -1.21. The Balaban J connectivity index is 1.88. The van der Waals surface area contributed by atoms with Crippen molar-refractivity contribution in [3.63, 3.8) is 0 Å². The van der Waals surface area contributed by atoms with E-state index in [1.54, 1.807) is 56.5 Å². The summed E-state index contributed by atoms with van der Waals surface area (Å²) in [4.78, 5) is 24.5. The number of ether oxygens (including phenoxy) is 2. The Bertz CT molecular complexity index is 1210. The first-order valence-corrected chi connectivity index (χ1v) is 11.4. The van der Waals surface area contributed by atoms with Gasteiger partial charge in [0.1, 0.15) is 17.5 Å². The number of carbonyl (C=O) groups is 2. The van der Waals surface area contributed by atoms with E-state index in [9.17, 15) is 19.8 Å². The monoisotopic (exact) mass is 517 g/mol. The smallest absolute Gasteiger partial charge is 0.326 e. The molecule has 0 aliphatic carbocycles. The Morgan fingerprint density at radius 3 is 2.11 bits per heavy atom. The Morgan fingerprint density at radius 1 is 0.971 bits per heavy atom. The number of amides is 1. The zero-order valence-electron chi connectivity index (χ0n) is 19.3. The standard InChI is InChI=1S/C26H25Cl2NO6/c1-14(30)17-11-12-21(34-2)22(24(17)35-3)16-9-7-15(8-10-16)13-20(26(32)33)29-25(31)23-18(27)5-4-6-19(23)28/h4-12,14,20,30H,13H2,1-3H3,(H,29,31)(H,32,33)/t14?,20-/m0/s1. The quantitative estimate of drug-likeness (QED) is 0.362. The summed E-state index contributed by atoms with van der Waals surface area (Å²) in [7, 11) is 3.06. The summed E-state index contributed by atoms with van der Waals surface area (Å²) in [5.41, 5.74) is 2.73. The second-order valence-electron chi connectivity index (χ2n) is 7.80. The lowest BCUT2D eigenvalue weighted by Crippen LogP contribution is -2.42. The molecule has 3 aromatic rings. The van der Waals surface area contributed by atoms with Crippen molar-refractivity contribution < 1.29 is 29.3 Å². The molecular weight excluding hydrogens is 493 g/mol. The van der Waals surface area contributed by atoms with Crippen molar-refractivity contribution in [2.24, 2.45) is 0 Å². The van der Waals surface area contributed by atoms with Crippen molar-refractivity contribution in [2.45, 2.75) is 25.5 Å². The molecule has 3 rings (SSSR count). The van der Waals surface area contributed by atoms with E-state index in [1.165, 1.54) is 19.2 Å². The van der Waals surface area contributed by atoms with E-state index in [0.717, 1.165) is 5.56 Å². The number of rotatable bonds is 9. The predicted molar refractivity (Wildman–Crippen MR) is 135 cm³/mol. The molecule has 3 aromatic carbocycles. The van der Waals surface area contributed by atoms with Gasteiger partial charge in [0.25, 0.3) is 5.91 Å². The van der Waals surface area contributed by atoms with Crippen LogP contribution in [0.1, 0.15) is 34.5 Å². The first-order valence-electron chi connectivity index (χ1n) is 10.7. The highest BCUT2D eigenvalue weighted by Crippen LogP contribution is 2.42. The molecule has 7 nitrogen and oxygen atoms in total. The first-order chi connectivity index (χ1) is 16.7. The Morgan fingerprint density at radius 2 is 1.60 bits per heavy atom. The number of aliphatic hydroxyl groups excluding tert-OH is 1. The second-order valence-corrected chi connectivity index (χ2v) is 8.62. The van der Waals surface area contributed by atoms with Crippen LogP contribution in [0.4, 0.5) is 0 Å². The number of methoxy groups -OCH3 is 2. The van der Waals surface area contributed by atoms with Gasteiger partial charge in [-0.15, -0.1) is 0 Å². The van der Waals surface area contributed by atoms with Gasteiger partial charge in [0.05, 0.1) is 41.5 Å². The fourth-order valence-corrected chi connectivity index (χ4v) is 4.33. The number of hydrogen-bond acceptors (Lipinski definition) is 5. The van der Waals surface area contributed by atoms with Crippen molar-refractivity contribution in [3.05, 3.63) is 81.3 Å². The molecular formula is C26H25Cl2NO6. The van der Waals surface area contributed by atoms with Gasteiger partial charge in [-0.3, -0.25) is 4.79 Å². The Kier molecular flexibility index (Phi) is 8.62. The summed E-state index contributed by atoms with van der Waals surface area (Å²) in [6.45, 7) is 1.65. The van der Waals surface area contributed by atoms with Crippen LogP contribution in [0, 0.1) is 0 Å². The maximum Gasteiger partial charge on any atom is 0.326 e. The number of halogens is 2. The molecule has 0 saturated carbocycles. The Labute approximate surface area is 213 Å². The highest BCUT2D eigenvalue weighted by Gasteiger charge is 2.24. The van der Waals surface area contributed by atoms with Gasteiger partial charge >= 0.3 is 5.97 Å². The van der Waals surface area contributed by atoms with Gasteiger partial charge < -0.3 is 25.0 Å². The highest BCUT2D eigenvalue weighted by atomic mass is 35.5. The molecule has 3 N–H and O–H groups in total. The number of nitrogens with one attached hydrogen (secondary N) is 1. The van der Waals surface area contributed by atoms with Crippen molar-refractivity contribution in [1.82, 2.24) is 5.32 Å². The molecule has 0 heterocycles. The maximum atomic E-state index is 12.7. The largest absolute Gasteiger partial charge is 0.496 e. The Hall–Kier alpha value is -3.26. The van der Waals surface area contributed by atoms with Gasteiger partial charge in [-0.05, 0) is 42.3 Å². The van der Waals surface area contributed by atoms with E-state index < -0.39 is 24.0 Å². The molecule has 0 fully saturated rings. The predicted octanol–water partition coefficient (Wildman–Crippen LogP) is 5.16. The number of benzene rings is 3. The second kappa shape index (κ2) is 11.4. The summed E-state index contributed by atoms with van der Waals surface area (Å²) >= 11 is 12.1. The van der Waals surface area contributed by atoms with Crippen LogP contribution < -0.4 is 14.8 Å². The van der Waals surface area contributed by atoms with Crippen LogP contribution >= 0.6 is 23.2 Å². The van der Waals surface area contributed by atoms with Crippen LogP contribution in [-0.4, -0.2) is 42.4 Å². The summed E-state index contributed by atoms with van der Waals surface area (Å²) in [6.07, 6.45) is -0.716. The molecule has 0 radical (unpaired) electrons. The lowest BCUT2D eigenvalue weighted by molar-refractivity contribution is -0.139. The molecule has 0 spiro atoms. The van der Waals surface area contributed by atoms with Gasteiger partial charge in [-0.2, -0.15) is 0 Å². The molecule has 0 aliphatic rings. The SMILES string of the molecule is COc1ccc(C(C)O)c(OC)c1-c1ccc(C[C@H](NC(=O)c2c(Cl)cccc2Cl)C(=O)O)cc1. The topological polar surface area (TPSA) is 105 Å². The molecule has 2 atom stereocenters. The van der Waals surface area contributed by atoms with E-state index in [4.69, 9.17) is 32.7 Å². The van der Waals surface area contributed by atoms with Crippen molar-refractivity contribution >= 4 is 35.1 Å². The average Bonchev–Trinajstić information content (AvgIpc) is 2.82. The normalized spacial score (nSPS) is 12.5. The number of carboxylic acids is 1. The highest BCUT2D eigenvalue weighted by molar-refractivity contribution is 6.39. The van der Waals surface area contributed by atoms with Crippen molar-refractivity contribution in [1.29, 1.82) is 0 Å². The zero-order valence-corrected chi connectivity index (χ0v) is 20.9. The fraction of sp³-hybridized carbons (Fsp3) is 0.231. The molecule has 184 valence electrons. The summed E-state index contributed by atoms with van der Waals surface area (Å²) in [6, 6.07) is 14.0. The average molecular weight is 518 g/mol. The number of aliphatic hydroxyl groups is 1. The van der Waals surface area contributed by atoms with Crippen LogP contribution in [0.2, 0.25) is 10.0 Å². The minimum Gasteiger partial charge on any atom is -0.496 e. The van der Waals surface area contributed by atoms with Crippen molar-refractivity contribution in [3.8, 4) is 22.6 Å². The number of hydrogen-bond donors (Lipinski definition) is 3. The first kappa shape index (κ1) is 26.3. The lowest BCUT2D eigenvalue weighted by Gasteiger charge is -2.19. The molecule has 35 heavy (non-hydrogen) atoms. The molecule has 0 saturated heterocycles. The van der Waals surface area contributed by atoms with Gasteiger partial charge in [0.15, 0.2) is 0 Å². The molecule has 0 aliphatic heterocycles. The van der Waals surface area contributed by atoms with E-state index in [1.807, 2.05) is 0 Å². The van der Waals surface area contributed by atoms with Crippen LogP contribution in [-0.2, 0) is 11.2 Å². The summed E-state index contributed by atoms with van der Waals surface area (Å²) in [5.74, 6) is -0.821. The number of carboxylic acid groups (broad SMARTS) is 1. The van der Waals surface area contributed by atoms with Crippen molar-refractivity contribution in [2.75, 3.05) is 14.2 Å². The minimum absolute atomic E-state index is 0.0228. The third kappa shape index (κ3) is 5.88. The van der Waals surface area contributed by atoms with E-state index in [2.05, 4.69) is 5.32 Å². The molecule has 0 aromatic heterocycles. The molecule has 0 bridgehead atoms. The third-order valence-corrected chi connectivity index (χ3v) is 6.13.